The SMILES string of the molecule is COCCN(c1c(F)cccc1CO)C(C)C1CC1. The van der Waals surface area contributed by atoms with E-state index in [1.807, 2.05) is 4.90 Å². The maximum atomic E-state index is 14.2. The number of benzene rings is 1. The highest BCUT2D eigenvalue weighted by Crippen LogP contribution is 2.38. The van der Waals surface area contributed by atoms with Gasteiger partial charge >= 0.3 is 0 Å². The maximum absolute atomic E-state index is 14.2. The lowest BCUT2D eigenvalue weighted by Crippen LogP contribution is -2.38. The van der Waals surface area contributed by atoms with Gasteiger partial charge < -0.3 is 14.7 Å². The molecule has 0 aromatic heterocycles. The van der Waals surface area contributed by atoms with Gasteiger partial charge in [-0.05, 0) is 31.7 Å². The van der Waals surface area contributed by atoms with Gasteiger partial charge in [0.15, 0.2) is 0 Å². The Morgan fingerprint density at radius 1 is 1.47 bits per heavy atom. The highest BCUT2D eigenvalue weighted by atomic mass is 19.1. The molecular formula is C15H22FNO2. The van der Waals surface area contributed by atoms with E-state index in [9.17, 15) is 9.50 Å². The molecule has 0 bridgehead atoms. The van der Waals surface area contributed by atoms with E-state index in [0.717, 1.165) is 0 Å². The molecule has 0 saturated heterocycles. The Labute approximate surface area is 114 Å². The van der Waals surface area contributed by atoms with Gasteiger partial charge in [-0.25, -0.2) is 4.39 Å². The number of hydrogen-bond donors (Lipinski definition) is 1. The van der Waals surface area contributed by atoms with Crippen molar-refractivity contribution in [1.82, 2.24) is 0 Å². The molecule has 1 unspecified atom stereocenters. The minimum absolute atomic E-state index is 0.145. The molecule has 0 aliphatic heterocycles. The summed E-state index contributed by atoms with van der Waals surface area (Å²) in [6.07, 6.45) is 2.40. The molecule has 1 aliphatic carbocycles. The minimum Gasteiger partial charge on any atom is -0.392 e. The van der Waals surface area contributed by atoms with E-state index in [4.69, 9.17) is 4.74 Å². The summed E-state index contributed by atoms with van der Waals surface area (Å²) in [4.78, 5) is 2.04. The summed E-state index contributed by atoms with van der Waals surface area (Å²) >= 11 is 0. The predicted octanol–water partition coefficient (Wildman–Crippen LogP) is 2.57. The van der Waals surface area contributed by atoms with Crippen molar-refractivity contribution in [2.75, 3.05) is 25.2 Å². The van der Waals surface area contributed by atoms with Crippen molar-refractivity contribution in [2.45, 2.75) is 32.4 Å². The number of para-hydroxylation sites is 1. The second-order valence-electron chi connectivity index (χ2n) is 5.17. The maximum Gasteiger partial charge on any atom is 0.146 e. The first-order chi connectivity index (χ1) is 9.19. The molecule has 1 aliphatic rings. The molecule has 1 saturated carbocycles. The molecule has 1 atom stereocenters. The van der Waals surface area contributed by atoms with Crippen LogP contribution in [0.25, 0.3) is 0 Å². The molecule has 0 spiro atoms. The van der Waals surface area contributed by atoms with Crippen LogP contribution in [0.5, 0.6) is 0 Å². The fourth-order valence-corrected chi connectivity index (χ4v) is 2.55. The van der Waals surface area contributed by atoms with Gasteiger partial charge in [-0.2, -0.15) is 0 Å². The summed E-state index contributed by atoms with van der Waals surface area (Å²) in [7, 11) is 1.65. The van der Waals surface area contributed by atoms with Crippen LogP contribution in [0.15, 0.2) is 18.2 Å². The average molecular weight is 267 g/mol. The van der Waals surface area contributed by atoms with Crippen molar-refractivity contribution in [2.24, 2.45) is 5.92 Å². The lowest BCUT2D eigenvalue weighted by atomic mass is 10.1. The lowest BCUT2D eigenvalue weighted by molar-refractivity contribution is 0.202. The minimum atomic E-state index is -0.268. The summed E-state index contributed by atoms with van der Waals surface area (Å²) in [5, 5.41) is 9.43. The van der Waals surface area contributed by atoms with Gasteiger partial charge in [0.05, 0.1) is 18.9 Å². The van der Waals surface area contributed by atoms with Gasteiger partial charge in [-0.1, -0.05) is 12.1 Å². The third-order valence-corrected chi connectivity index (χ3v) is 3.86. The van der Waals surface area contributed by atoms with Crippen molar-refractivity contribution < 1.29 is 14.2 Å². The highest BCUT2D eigenvalue weighted by Gasteiger charge is 2.33. The molecular weight excluding hydrogens is 245 g/mol. The van der Waals surface area contributed by atoms with Crippen molar-refractivity contribution in [3.05, 3.63) is 29.6 Å². The topological polar surface area (TPSA) is 32.7 Å². The van der Waals surface area contributed by atoms with Gasteiger partial charge in [0.2, 0.25) is 0 Å². The number of anilines is 1. The molecule has 0 heterocycles. The van der Waals surface area contributed by atoms with Crippen LogP contribution in [0.4, 0.5) is 10.1 Å². The molecule has 0 radical (unpaired) electrons. The summed E-state index contributed by atoms with van der Waals surface area (Å²) in [6.45, 7) is 3.17. The van der Waals surface area contributed by atoms with Crippen LogP contribution >= 0.6 is 0 Å². The molecule has 1 fully saturated rings. The van der Waals surface area contributed by atoms with Gasteiger partial charge in [0.1, 0.15) is 5.82 Å². The number of aliphatic hydroxyl groups is 1. The van der Waals surface area contributed by atoms with E-state index >= 15 is 0 Å². The van der Waals surface area contributed by atoms with E-state index in [0.29, 0.717) is 30.3 Å². The number of methoxy groups -OCH3 is 1. The molecule has 1 aromatic carbocycles. The van der Waals surface area contributed by atoms with E-state index in [1.165, 1.54) is 18.9 Å². The summed E-state index contributed by atoms with van der Waals surface area (Å²) in [6, 6.07) is 5.14. The zero-order valence-corrected chi connectivity index (χ0v) is 11.6. The Hall–Kier alpha value is -1.13. The van der Waals surface area contributed by atoms with Crippen LogP contribution in [0.2, 0.25) is 0 Å². The van der Waals surface area contributed by atoms with Crippen LogP contribution in [-0.2, 0) is 11.3 Å². The normalized spacial score (nSPS) is 16.4. The number of aliphatic hydroxyl groups excluding tert-OH is 1. The molecule has 1 aromatic rings. The third-order valence-electron chi connectivity index (χ3n) is 3.86. The standard InChI is InChI=1S/C15H22FNO2/c1-11(12-6-7-12)17(8-9-19-2)15-13(10-18)4-3-5-14(15)16/h3-5,11-12,18H,6-10H2,1-2H3. The van der Waals surface area contributed by atoms with Crippen molar-refractivity contribution in [1.29, 1.82) is 0 Å². The lowest BCUT2D eigenvalue weighted by Gasteiger charge is -2.33. The van der Waals surface area contributed by atoms with Crippen LogP contribution in [0, 0.1) is 11.7 Å². The molecule has 19 heavy (non-hydrogen) atoms. The quantitative estimate of drug-likeness (QED) is 0.824. The molecule has 2 rings (SSSR count). The number of rotatable bonds is 7. The van der Waals surface area contributed by atoms with Gasteiger partial charge in [-0.3, -0.25) is 0 Å². The Balaban J connectivity index is 2.30. The molecule has 106 valence electrons. The van der Waals surface area contributed by atoms with Crippen molar-refractivity contribution >= 4 is 5.69 Å². The van der Waals surface area contributed by atoms with E-state index in [2.05, 4.69) is 6.92 Å². The van der Waals surface area contributed by atoms with E-state index in [-0.39, 0.29) is 18.5 Å². The highest BCUT2D eigenvalue weighted by molar-refractivity contribution is 5.55. The first-order valence-electron chi connectivity index (χ1n) is 6.82. The monoisotopic (exact) mass is 267 g/mol. The Morgan fingerprint density at radius 2 is 2.21 bits per heavy atom. The fourth-order valence-electron chi connectivity index (χ4n) is 2.55. The Kier molecular flexibility index (Phi) is 4.77. The number of hydrogen-bond acceptors (Lipinski definition) is 3. The van der Waals surface area contributed by atoms with Gasteiger partial charge in [-0.15, -0.1) is 0 Å². The summed E-state index contributed by atoms with van der Waals surface area (Å²) in [5.74, 6) is 0.359. The number of halogens is 1. The summed E-state index contributed by atoms with van der Waals surface area (Å²) < 4.78 is 19.3. The zero-order valence-electron chi connectivity index (χ0n) is 11.6. The Bertz CT molecular complexity index is 421. The zero-order chi connectivity index (χ0) is 13.8. The first kappa shape index (κ1) is 14.3. The molecule has 4 heteroatoms. The average Bonchev–Trinajstić information content (AvgIpc) is 3.24. The number of ether oxygens (including phenoxy) is 1. The third kappa shape index (κ3) is 3.25. The molecule has 3 nitrogen and oxygen atoms in total. The van der Waals surface area contributed by atoms with Crippen molar-refractivity contribution in [3.63, 3.8) is 0 Å². The van der Waals surface area contributed by atoms with E-state index < -0.39 is 0 Å². The van der Waals surface area contributed by atoms with Crippen LogP contribution < -0.4 is 4.90 Å². The first-order valence-corrected chi connectivity index (χ1v) is 6.82. The second kappa shape index (κ2) is 6.35. The Morgan fingerprint density at radius 3 is 2.79 bits per heavy atom. The second-order valence-corrected chi connectivity index (χ2v) is 5.17. The smallest absolute Gasteiger partial charge is 0.146 e. The van der Waals surface area contributed by atoms with Crippen LogP contribution in [0.3, 0.4) is 0 Å². The largest absolute Gasteiger partial charge is 0.392 e. The fraction of sp³-hybridized carbons (Fsp3) is 0.600. The molecule has 1 N–H and O–H groups in total. The van der Waals surface area contributed by atoms with Crippen LogP contribution in [0.1, 0.15) is 25.3 Å². The summed E-state index contributed by atoms with van der Waals surface area (Å²) in [5.41, 5.74) is 1.17. The van der Waals surface area contributed by atoms with Crippen LogP contribution in [-0.4, -0.2) is 31.4 Å². The van der Waals surface area contributed by atoms with Crippen molar-refractivity contribution in [3.8, 4) is 0 Å². The van der Waals surface area contributed by atoms with Gasteiger partial charge in [0, 0.05) is 25.3 Å². The van der Waals surface area contributed by atoms with E-state index in [1.54, 1.807) is 19.2 Å². The molecule has 0 amide bonds. The number of nitrogens with zero attached hydrogens (tertiary/aromatic N) is 1. The van der Waals surface area contributed by atoms with Gasteiger partial charge in [0.25, 0.3) is 0 Å². The predicted molar refractivity (Wildman–Crippen MR) is 73.7 cm³/mol.